The number of carbonyl (C=O) groups excluding carboxylic acids is 3. The molecule has 0 radical (unpaired) electrons. The smallest absolute Gasteiger partial charge is 0.410 e. The van der Waals surface area contributed by atoms with Gasteiger partial charge in [-0.25, -0.2) is 31.9 Å². The third-order valence-corrected chi connectivity index (χ3v) is 7.95. The van der Waals surface area contributed by atoms with Crippen molar-refractivity contribution in [2.24, 2.45) is 0 Å². The Balaban J connectivity index is 2.06. The predicted molar refractivity (Wildman–Crippen MR) is 144 cm³/mol. The van der Waals surface area contributed by atoms with Gasteiger partial charge in [0.05, 0.1) is 41.8 Å². The first-order chi connectivity index (χ1) is 18.1. The molecule has 0 bridgehead atoms. The lowest BCUT2D eigenvalue weighted by molar-refractivity contribution is -0.00306. The third-order valence-electron chi connectivity index (χ3n) is 6.00. The van der Waals surface area contributed by atoms with Gasteiger partial charge in [0, 0.05) is 24.9 Å². The van der Waals surface area contributed by atoms with Gasteiger partial charge in [0.1, 0.15) is 16.1 Å². The molecule has 0 spiro atoms. The standard InChI is InChI=1S/C25H34BrF4N3O6S/c1-22(2,3)38-20(35)31-14(15-9-25(29,30)12-33(15)21(36)39-23(4,5)6)10-32-11-24(27,28)8-13-16(32)17(19(34)37-7)40-18(13)26/h14-15H,8-12H2,1-7H3,(H,31,35)/t14?,15-/m0/s1. The van der Waals surface area contributed by atoms with Crippen molar-refractivity contribution in [3.8, 4) is 0 Å². The number of carbonyl (C=O) groups is 3. The number of nitrogens with one attached hydrogen (secondary N) is 1. The molecule has 1 fully saturated rings. The molecule has 1 unspecified atom stereocenters. The zero-order valence-corrected chi connectivity index (χ0v) is 25.7. The molecule has 2 atom stereocenters. The van der Waals surface area contributed by atoms with Crippen LogP contribution in [0.3, 0.4) is 0 Å². The minimum Gasteiger partial charge on any atom is -0.465 e. The molecular formula is C25H34BrF4N3O6S. The normalized spacial score (nSPS) is 20.9. The van der Waals surface area contributed by atoms with E-state index in [0.717, 1.165) is 28.2 Å². The Hall–Kier alpha value is -2.29. The van der Waals surface area contributed by atoms with Gasteiger partial charge in [0.25, 0.3) is 11.8 Å². The number of alkyl carbamates (subject to hydrolysis) is 1. The molecule has 1 aromatic rings. The number of fused-ring (bicyclic) bond motifs is 1. The Bertz CT molecular complexity index is 1150. The SMILES string of the molecule is COC(=O)c1sc(Br)c2c1N(CC(NC(=O)OC(C)(C)C)[C@@H]1CC(F)(F)CN1C(=O)OC(C)(C)C)CC(F)(F)C2. The van der Waals surface area contributed by atoms with Crippen LogP contribution < -0.4 is 10.2 Å². The predicted octanol–water partition coefficient (Wildman–Crippen LogP) is 5.83. The van der Waals surface area contributed by atoms with Crippen LogP contribution in [0.1, 0.15) is 63.2 Å². The molecule has 0 aliphatic carbocycles. The van der Waals surface area contributed by atoms with Crippen LogP contribution in [0.25, 0.3) is 0 Å². The second-order valence-corrected chi connectivity index (χ2v) is 14.3. The highest BCUT2D eigenvalue weighted by Crippen LogP contribution is 2.47. The molecule has 1 N–H and O–H groups in total. The maximum atomic E-state index is 14.9. The van der Waals surface area contributed by atoms with Crippen molar-refractivity contribution in [1.29, 1.82) is 0 Å². The van der Waals surface area contributed by atoms with Crippen molar-refractivity contribution in [3.05, 3.63) is 14.2 Å². The molecule has 3 rings (SSSR count). The van der Waals surface area contributed by atoms with Gasteiger partial charge in [-0.15, -0.1) is 11.3 Å². The first-order valence-electron chi connectivity index (χ1n) is 12.5. The van der Waals surface area contributed by atoms with E-state index in [1.165, 1.54) is 0 Å². The van der Waals surface area contributed by atoms with Gasteiger partial charge in [-0.3, -0.25) is 4.90 Å². The highest BCUT2D eigenvalue weighted by atomic mass is 79.9. The molecule has 2 aliphatic rings. The summed E-state index contributed by atoms with van der Waals surface area (Å²) in [4.78, 5) is 40.4. The summed E-state index contributed by atoms with van der Waals surface area (Å²) >= 11 is 4.16. The fraction of sp³-hybridized carbons (Fsp3) is 0.720. The number of hydrogen-bond acceptors (Lipinski definition) is 8. The maximum absolute atomic E-state index is 14.9. The highest BCUT2D eigenvalue weighted by molar-refractivity contribution is 9.11. The average molecular weight is 661 g/mol. The van der Waals surface area contributed by atoms with E-state index in [-0.39, 0.29) is 16.1 Å². The van der Waals surface area contributed by atoms with Gasteiger partial charge < -0.3 is 24.4 Å². The zero-order chi connectivity index (χ0) is 30.4. The van der Waals surface area contributed by atoms with Gasteiger partial charge in [0.2, 0.25) is 0 Å². The van der Waals surface area contributed by atoms with E-state index in [2.05, 4.69) is 21.2 Å². The van der Waals surface area contributed by atoms with Crippen molar-refractivity contribution in [1.82, 2.24) is 10.2 Å². The summed E-state index contributed by atoms with van der Waals surface area (Å²) in [6.45, 7) is 7.21. The Labute approximate surface area is 242 Å². The van der Waals surface area contributed by atoms with Gasteiger partial charge >= 0.3 is 18.2 Å². The Kier molecular flexibility index (Phi) is 9.01. The van der Waals surface area contributed by atoms with E-state index in [1.807, 2.05) is 0 Å². The number of ether oxygens (including phenoxy) is 3. The van der Waals surface area contributed by atoms with Crippen LogP contribution >= 0.6 is 27.3 Å². The molecule has 2 aliphatic heterocycles. The van der Waals surface area contributed by atoms with E-state index >= 15 is 0 Å². The van der Waals surface area contributed by atoms with Gasteiger partial charge in [-0.05, 0) is 57.5 Å². The summed E-state index contributed by atoms with van der Waals surface area (Å²) in [6.07, 6.45) is -3.55. The van der Waals surface area contributed by atoms with Crippen molar-refractivity contribution in [2.75, 3.05) is 31.6 Å². The largest absolute Gasteiger partial charge is 0.465 e. The first-order valence-corrected chi connectivity index (χ1v) is 14.1. The number of methoxy groups -OCH3 is 1. The first kappa shape index (κ1) is 32.2. The number of hydrogen-bond donors (Lipinski definition) is 1. The summed E-state index contributed by atoms with van der Waals surface area (Å²) < 4.78 is 75.2. The molecule has 15 heteroatoms. The molecule has 1 aromatic heterocycles. The van der Waals surface area contributed by atoms with Gasteiger partial charge in [-0.1, -0.05) is 0 Å². The summed E-state index contributed by atoms with van der Waals surface area (Å²) in [5.74, 6) is -7.35. The lowest BCUT2D eigenvalue weighted by Crippen LogP contribution is -2.58. The number of alkyl halides is 4. The van der Waals surface area contributed by atoms with Crippen LogP contribution in [-0.2, 0) is 20.6 Å². The third kappa shape index (κ3) is 7.92. The maximum Gasteiger partial charge on any atom is 0.410 e. The van der Waals surface area contributed by atoms with E-state index < -0.39 is 85.8 Å². The molecule has 1 saturated heterocycles. The van der Waals surface area contributed by atoms with E-state index in [0.29, 0.717) is 3.79 Å². The number of thiophene rings is 1. The summed E-state index contributed by atoms with van der Waals surface area (Å²) in [5, 5.41) is 2.52. The van der Waals surface area contributed by atoms with E-state index in [4.69, 9.17) is 14.2 Å². The summed E-state index contributed by atoms with van der Waals surface area (Å²) in [5.41, 5.74) is -1.66. The number of amides is 2. The lowest BCUT2D eigenvalue weighted by atomic mass is 9.98. The van der Waals surface area contributed by atoms with Crippen LogP contribution in [-0.4, -0.2) is 84.9 Å². The van der Waals surface area contributed by atoms with Crippen LogP contribution in [0.5, 0.6) is 0 Å². The number of anilines is 1. The molecule has 40 heavy (non-hydrogen) atoms. The average Bonchev–Trinajstić information content (AvgIpc) is 3.25. The quantitative estimate of drug-likeness (QED) is 0.241. The van der Waals surface area contributed by atoms with E-state index in [1.54, 1.807) is 41.5 Å². The van der Waals surface area contributed by atoms with Crippen LogP contribution in [0, 0.1) is 0 Å². The number of likely N-dealkylation sites (tertiary alicyclic amines) is 1. The topological polar surface area (TPSA) is 97.4 Å². The highest BCUT2D eigenvalue weighted by Gasteiger charge is 2.53. The van der Waals surface area contributed by atoms with Crippen molar-refractivity contribution in [3.63, 3.8) is 0 Å². The second-order valence-electron chi connectivity index (χ2n) is 11.9. The minimum atomic E-state index is -3.34. The zero-order valence-electron chi connectivity index (χ0n) is 23.3. The Morgan fingerprint density at radius 3 is 2.20 bits per heavy atom. The van der Waals surface area contributed by atoms with Crippen molar-refractivity contribution < 1.29 is 46.2 Å². The van der Waals surface area contributed by atoms with Crippen LogP contribution in [0.4, 0.5) is 32.8 Å². The number of nitrogens with zero attached hydrogens (tertiary/aromatic N) is 2. The summed E-state index contributed by atoms with van der Waals surface area (Å²) in [7, 11) is 1.15. The monoisotopic (exact) mass is 659 g/mol. The molecule has 2 amide bonds. The molecule has 226 valence electrons. The second kappa shape index (κ2) is 11.2. The van der Waals surface area contributed by atoms with Crippen LogP contribution in [0.15, 0.2) is 3.79 Å². The Morgan fingerprint density at radius 1 is 1.05 bits per heavy atom. The van der Waals surface area contributed by atoms with Crippen LogP contribution in [0.2, 0.25) is 0 Å². The number of esters is 1. The Morgan fingerprint density at radius 2 is 1.65 bits per heavy atom. The molecule has 9 nitrogen and oxygen atoms in total. The number of halogens is 5. The molecule has 0 aromatic carbocycles. The van der Waals surface area contributed by atoms with E-state index in [9.17, 15) is 31.9 Å². The van der Waals surface area contributed by atoms with Gasteiger partial charge in [0.15, 0.2) is 0 Å². The minimum absolute atomic E-state index is 0.0386. The lowest BCUT2D eigenvalue weighted by Gasteiger charge is -2.40. The van der Waals surface area contributed by atoms with Crippen molar-refractivity contribution in [2.45, 2.75) is 89.5 Å². The molecule has 0 saturated carbocycles. The molecular weight excluding hydrogens is 626 g/mol. The van der Waals surface area contributed by atoms with Gasteiger partial charge in [-0.2, -0.15) is 0 Å². The molecule has 3 heterocycles. The fourth-order valence-corrected chi connectivity index (χ4v) is 6.46. The summed E-state index contributed by atoms with van der Waals surface area (Å²) in [6, 6.07) is -2.67. The number of rotatable bonds is 5. The van der Waals surface area contributed by atoms with Crippen molar-refractivity contribution >= 4 is 51.1 Å². The fourth-order valence-electron chi connectivity index (χ4n) is 4.66.